The maximum atomic E-state index is 5.37. The van der Waals surface area contributed by atoms with Crippen molar-refractivity contribution in [2.45, 2.75) is 6.54 Å². The van der Waals surface area contributed by atoms with E-state index in [0.717, 1.165) is 34.7 Å². The molecule has 0 saturated carbocycles. The van der Waals surface area contributed by atoms with Crippen molar-refractivity contribution >= 4 is 0 Å². The minimum Gasteiger partial charge on any atom is -0.493 e. The van der Waals surface area contributed by atoms with Gasteiger partial charge < -0.3 is 14.8 Å². The van der Waals surface area contributed by atoms with Crippen molar-refractivity contribution in [3.63, 3.8) is 0 Å². The van der Waals surface area contributed by atoms with Gasteiger partial charge in [0.2, 0.25) is 0 Å². The van der Waals surface area contributed by atoms with Crippen LogP contribution in [0.15, 0.2) is 24.5 Å². The normalized spacial score (nSPS) is 10.5. The first-order chi connectivity index (χ1) is 9.19. The molecular weight excluding hydrogens is 242 g/mol. The van der Waals surface area contributed by atoms with Gasteiger partial charge >= 0.3 is 0 Å². The summed E-state index contributed by atoms with van der Waals surface area (Å²) in [6.45, 7) is 0.755. The maximum absolute atomic E-state index is 5.37. The number of ether oxygens (including phenoxy) is 2. The Hall–Kier alpha value is -2.01. The van der Waals surface area contributed by atoms with Gasteiger partial charge in [-0.1, -0.05) is 0 Å². The number of aryl methyl sites for hydroxylation is 1. The highest BCUT2D eigenvalue weighted by atomic mass is 16.5. The summed E-state index contributed by atoms with van der Waals surface area (Å²) >= 11 is 0. The zero-order valence-corrected chi connectivity index (χ0v) is 11.7. The molecule has 1 aromatic carbocycles. The van der Waals surface area contributed by atoms with Gasteiger partial charge in [0.05, 0.1) is 20.4 Å². The summed E-state index contributed by atoms with van der Waals surface area (Å²) in [5.41, 5.74) is 3.31. The van der Waals surface area contributed by atoms with Crippen molar-refractivity contribution in [2.75, 3.05) is 21.3 Å². The smallest absolute Gasteiger partial charge is 0.161 e. The zero-order chi connectivity index (χ0) is 13.8. The molecule has 2 aromatic rings. The van der Waals surface area contributed by atoms with Crippen LogP contribution in [-0.2, 0) is 13.6 Å². The Kier molecular flexibility index (Phi) is 4.06. The van der Waals surface area contributed by atoms with Gasteiger partial charge in [-0.15, -0.1) is 0 Å². The number of aromatic nitrogens is 2. The Morgan fingerprint density at radius 2 is 1.89 bits per heavy atom. The molecular formula is C14H19N3O2. The van der Waals surface area contributed by atoms with E-state index in [1.54, 1.807) is 18.9 Å². The summed E-state index contributed by atoms with van der Waals surface area (Å²) in [4.78, 5) is 0. The van der Waals surface area contributed by atoms with Crippen LogP contribution in [0.25, 0.3) is 11.1 Å². The highest BCUT2D eigenvalue weighted by molar-refractivity contribution is 5.70. The lowest BCUT2D eigenvalue weighted by atomic mass is 10.0. The molecule has 0 fully saturated rings. The number of nitrogens with one attached hydrogen (secondary N) is 1. The first-order valence-corrected chi connectivity index (χ1v) is 6.08. The Bertz CT molecular complexity index is 564. The molecule has 1 aromatic heterocycles. The van der Waals surface area contributed by atoms with Crippen LogP contribution in [0.2, 0.25) is 0 Å². The SMILES string of the molecule is CNCc1cc(OC)c(OC)cc1-c1cnn(C)c1. The molecule has 1 N–H and O–H groups in total. The topological polar surface area (TPSA) is 48.3 Å². The standard InChI is InChI=1S/C14H19N3O2/c1-15-7-10-5-13(18-3)14(19-4)6-12(10)11-8-16-17(2)9-11/h5-6,8-9,15H,7H2,1-4H3. The first-order valence-electron chi connectivity index (χ1n) is 6.08. The Morgan fingerprint density at radius 3 is 2.42 bits per heavy atom. The lowest BCUT2D eigenvalue weighted by Crippen LogP contribution is -2.07. The van der Waals surface area contributed by atoms with Crippen LogP contribution in [0.4, 0.5) is 0 Å². The molecule has 1 heterocycles. The lowest BCUT2D eigenvalue weighted by Gasteiger charge is -2.14. The molecule has 0 amide bonds. The lowest BCUT2D eigenvalue weighted by molar-refractivity contribution is 0.354. The number of nitrogens with zero attached hydrogens (tertiary/aromatic N) is 2. The number of rotatable bonds is 5. The van der Waals surface area contributed by atoms with Crippen molar-refractivity contribution in [2.24, 2.45) is 7.05 Å². The summed E-state index contributed by atoms with van der Waals surface area (Å²) in [6, 6.07) is 3.99. The molecule has 0 atom stereocenters. The third-order valence-electron chi connectivity index (χ3n) is 2.99. The molecule has 5 heteroatoms. The van der Waals surface area contributed by atoms with Gasteiger partial charge in [0.1, 0.15) is 0 Å². The third-order valence-corrected chi connectivity index (χ3v) is 2.99. The largest absolute Gasteiger partial charge is 0.493 e. The molecule has 5 nitrogen and oxygen atoms in total. The van der Waals surface area contributed by atoms with Crippen LogP contribution >= 0.6 is 0 Å². The molecule has 0 radical (unpaired) electrons. The molecule has 0 bridgehead atoms. The predicted molar refractivity (Wildman–Crippen MR) is 74.5 cm³/mol. The molecule has 2 rings (SSSR count). The molecule has 0 spiro atoms. The second kappa shape index (κ2) is 5.75. The minimum absolute atomic E-state index is 0.723. The fourth-order valence-corrected chi connectivity index (χ4v) is 2.09. The summed E-state index contributed by atoms with van der Waals surface area (Å²) < 4.78 is 12.5. The third kappa shape index (κ3) is 2.71. The van der Waals surface area contributed by atoms with E-state index in [0.29, 0.717) is 0 Å². The van der Waals surface area contributed by atoms with Gasteiger partial charge in [-0.05, 0) is 30.3 Å². The van der Waals surface area contributed by atoms with E-state index in [4.69, 9.17) is 9.47 Å². The monoisotopic (exact) mass is 261 g/mol. The summed E-state index contributed by atoms with van der Waals surface area (Å²) in [6.07, 6.45) is 3.83. The molecule has 0 aliphatic heterocycles. The summed E-state index contributed by atoms with van der Waals surface area (Å²) in [5, 5.41) is 7.38. The van der Waals surface area contributed by atoms with Crippen molar-refractivity contribution < 1.29 is 9.47 Å². The van der Waals surface area contributed by atoms with Crippen molar-refractivity contribution in [1.82, 2.24) is 15.1 Å². The van der Waals surface area contributed by atoms with Gasteiger partial charge in [-0.2, -0.15) is 5.10 Å². The molecule has 0 aliphatic rings. The van der Waals surface area contributed by atoms with Crippen LogP contribution in [0.5, 0.6) is 11.5 Å². The Labute approximate surface area is 113 Å². The van der Waals surface area contributed by atoms with E-state index in [-0.39, 0.29) is 0 Å². The van der Waals surface area contributed by atoms with Gasteiger partial charge in [-0.25, -0.2) is 0 Å². The minimum atomic E-state index is 0.723. The highest BCUT2D eigenvalue weighted by Gasteiger charge is 2.13. The van der Waals surface area contributed by atoms with Gasteiger partial charge in [0.15, 0.2) is 11.5 Å². The molecule has 102 valence electrons. The summed E-state index contributed by atoms with van der Waals surface area (Å²) in [5.74, 6) is 1.46. The van der Waals surface area contributed by atoms with Crippen LogP contribution in [-0.4, -0.2) is 31.0 Å². The fraction of sp³-hybridized carbons (Fsp3) is 0.357. The molecule has 0 saturated heterocycles. The van der Waals surface area contributed by atoms with Crippen molar-refractivity contribution in [3.8, 4) is 22.6 Å². The maximum Gasteiger partial charge on any atom is 0.161 e. The van der Waals surface area contributed by atoms with E-state index in [9.17, 15) is 0 Å². The number of hydrogen-bond donors (Lipinski definition) is 1. The van der Waals surface area contributed by atoms with E-state index >= 15 is 0 Å². The average molecular weight is 261 g/mol. The van der Waals surface area contributed by atoms with Crippen LogP contribution in [0, 0.1) is 0 Å². The van der Waals surface area contributed by atoms with E-state index in [1.165, 1.54) is 0 Å². The van der Waals surface area contributed by atoms with Gasteiger partial charge in [0.25, 0.3) is 0 Å². The highest BCUT2D eigenvalue weighted by Crippen LogP contribution is 2.35. The van der Waals surface area contributed by atoms with E-state index in [1.807, 2.05) is 38.6 Å². The molecule has 0 aliphatic carbocycles. The van der Waals surface area contributed by atoms with Crippen LogP contribution in [0.3, 0.4) is 0 Å². The Morgan fingerprint density at radius 1 is 1.21 bits per heavy atom. The number of benzene rings is 1. The molecule has 19 heavy (non-hydrogen) atoms. The zero-order valence-electron chi connectivity index (χ0n) is 11.7. The van der Waals surface area contributed by atoms with E-state index < -0.39 is 0 Å². The Balaban J connectivity index is 2.56. The van der Waals surface area contributed by atoms with E-state index in [2.05, 4.69) is 10.4 Å². The quantitative estimate of drug-likeness (QED) is 0.892. The van der Waals surface area contributed by atoms with Gasteiger partial charge in [0, 0.05) is 25.4 Å². The second-order valence-corrected chi connectivity index (χ2v) is 4.30. The fourth-order valence-electron chi connectivity index (χ4n) is 2.09. The van der Waals surface area contributed by atoms with Gasteiger partial charge in [-0.3, -0.25) is 4.68 Å². The number of methoxy groups -OCH3 is 2. The van der Waals surface area contributed by atoms with Crippen molar-refractivity contribution in [3.05, 3.63) is 30.1 Å². The van der Waals surface area contributed by atoms with Crippen molar-refractivity contribution in [1.29, 1.82) is 0 Å². The van der Waals surface area contributed by atoms with Crippen LogP contribution in [0.1, 0.15) is 5.56 Å². The van der Waals surface area contributed by atoms with Crippen LogP contribution < -0.4 is 14.8 Å². The molecule has 0 unspecified atom stereocenters. The number of hydrogen-bond acceptors (Lipinski definition) is 4. The first kappa shape index (κ1) is 13.4. The average Bonchev–Trinajstić information content (AvgIpc) is 2.85. The summed E-state index contributed by atoms with van der Waals surface area (Å²) in [7, 11) is 7.11. The second-order valence-electron chi connectivity index (χ2n) is 4.30. The predicted octanol–water partition coefficient (Wildman–Crippen LogP) is 1.82.